The topological polar surface area (TPSA) is 47.1 Å². The molecule has 1 atom stereocenters. The van der Waals surface area contributed by atoms with Gasteiger partial charge >= 0.3 is 0 Å². The third kappa shape index (κ3) is 1.99. The number of nitrogens with two attached hydrogens (primary N) is 1. The minimum absolute atomic E-state index is 0.171. The van der Waals surface area contributed by atoms with Crippen molar-refractivity contribution in [3.05, 3.63) is 16.1 Å². The van der Waals surface area contributed by atoms with E-state index in [1.54, 1.807) is 0 Å². The summed E-state index contributed by atoms with van der Waals surface area (Å²) >= 11 is 3.53. The predicted octanol–water partition coefficient (Wildman–Crippen LogP) is 1.05. The van der Waals surface area contributed by atoms with Crippen molar-refractivity contribution in [3.8, 4) is 0 Å². The van der Waals surface area contributed by atoms with Gasteiger partial charge in [-0.15, -0.1) is 0 Å². The zero-order valence-electron chi connectivity index (χ0n) is 9.08. The van der Waals surface area contributed by atoms with E-state index in [2.05, 4.69) is 25.8 Å². The van der Waals surface area contributed by atoms with Gasteiger partial charge in [-0.1, -0.05) is 0 Å². The molecule has 1 aromatic rings. The maximum Gasteiger partial charge on any atom is 0.109 e. The van der Waals surface area contributed by atoms with E-state index < -0.39 is 0 Å². The van der Waals surface area contributed by atoms with Gasteiger partial charge in [0.05, 0.1) is 11.7 Å². The van der Waals surface area contributed by atoms with Crippen LogP contribution in [0.4, 0.5) is 0 Å². The summed E-state index contributed by atoms with van der Waals surface area (Å²) in [5, 5.41) is 0. The Hall–Kier alpha value is -0.390. The second-order valence-electron chi connectivity index (χ2n) is 3.61. The number of imidazole rings is 1. The highest BCUT2D eigenvalue weighted by atomic mass is 79.9. The summed E-state index contributed by atoms with van der Waals surface area (Å²) in [6.07, 6.45) is 0. The fourth-order valence-corrected chi connectivity index (χ4v) is 2.00. The van der Waals surface area contributed by atoms with Crippen LogP contribution in [0, 0.1) is 6.92 Å². The molecule has 1 aromatic heterocycles. The van der Waals surface area contributed by atoms with Gasteiger partial charge in [0.1, 0.15) is 10.4 Å². The molecular formula is C9H17BrN4. The van der Waals surface area contributed by atoms with Gasteiger partial charge in [-0.3, -0.25) is 4.90 Å². The fourth-order valence-electron chi connectivity index (χ4n) is 1.39. The van der Waals surface area contributed by atoms with Crippen molar-refractivity contribution in [1.29, 1.82) is 0 Å². The van der Waals surface area contributed by atoms with Crippen LogP contribution in [0.2, 0.25) is 0 Å². The Kier molecular flexibility index (Phi) is 3.69. The van der Waals surface area contributed by atoms with Crippen LogP contribution in [-0.4, -0.2) is 35.1 Å². The van der Waals surface area contributed by atoms with Crippen molar-refractivity contribution in [1.82, 2.24) is 14.5 Å². The van der Waals surface area contributed by atoms with Gasteiger partial charge in [0, 0.05) is 13.6 Å². The van der Waals surface area contributed by atoms with E-state index in [1.807, 2.05) is 32.6 Å². The summed E-state index contributed by atoms with van der Waals surface area (Å²) in [4.78, 5) is 6.57. The number of halogens is 1. The number of hydrogen-bond donors (Lipinski definition) is 1. The molecule has 0 aromatic carbocycles. The van der Waals surface area contributed by atoms with E-state index in [0.29, 0.717) is 6.54 Å². The number of aromatic nitrogens is 2. The highest BCUT2D eigenvalue weighted by molar-refractivity contribution is 9.10. The van der Waals surface area contributed by atoms with E-state index in [4.69, 9.17) is 5.73 Å². The molecule has 0 aliphatic rings. The minimum Gasteiger partial charge on any atom is -0.329 e. The monoisotopic (exact) mass is 260 g/mol. The normalized spacial score (nSPS) is 13.6. The lowest BCUT2D eigenvalue weighted by Crippen LogP contribution is -2.27. The van der Waals surface area contributed by atoms with E-state index in [9.17, 15) is 0 Å². The van der Waals surface area contributed by atoms with Gasteiger partial charge < -0.3 is 10.3 Å². The first kappa shape index (κ1) is 11.7. The van der Waals surface area contributed by atoms with Crippen molar-refractivity contribution >= 4 is 15.9 Å². The molecule has 2 N–H and O–H groups in total. The largest absolute Gasteiger partial charge is 0.329 e. The van der Waals surface area contributed by atoms with Gasteiger partial charge in [-0.05, 0) is 36.9 Å². The molecule has 0 amide bonds. The number of nitrogens with zero attached hydrogens (tertiary/aromatic N) is 3. The lowest BCUT2D eigenvalue weighted by molar-refractivity contribution is 0.299. The molecule has 1 rings (SSSR count). The van der Waals surface area contributed by atoms with Crippen LogP contribution in [0.25, 0.3) is 0 Å². The molecule has 0 fully saturated rings. The van der Waals surface area contributed by atoms with Crippen LogP contribution in [-0.2, 0) is 7.05 Å². The third-order valence-corrected chi connectivity index (χ3v) is 3.37. The van der Waals surface area contributed by atoms with Gasteiger partial charge in [0.15, 0.2) is 0 Å². The molecule has 0 spiro atoms. The van der Waals surface area contributed by atoms with Gasteiger partial charge in [0.2, 0.25) is 0 Å². The van der Waals surface area contributed by atoms with Crippen LogP contribution < -0.4 is 5.73 Å². The highest BCUT2D eigenvalue weighted by Crippen LogP contribution is 2.25. The quantitative estimate of drug-likeness (QED) is 0.884. The maximum atomic E-state index is 5.72. The summed E-state index contributed by atoms with van der Waals surface area (Å²) < 4.78 is 3.03. The Labute approximate surface area is 93.2 Å². The maximum absolute atomic E-state index is 5.72. The molecule has 0 aliphatic carbocycles. The number of rotatable bonds is 3. The summed E-state index contributed by atoms with van der Waals surface area (Å²) in [7, 11) is 6.00. The number of aryl methyl sites for hydroxylation is 1. The molecule has 1 unspecified atom stereocenters. The molecular weight excluding hydrogens is 244 g/mol. The Morgan fingerprint density at radius 3 is 2.43 bits per heavy atom. The molecule has 5 heteroatoms. The molecule has 0 saturated heterocycles. The van der Waals surface area contributed by atoms with Crippen molar-refractivity contribution in [2.75, 3.05) is 20.6 Å². The van der Waals surface area contributed by atoms with Gasteiger partial charge in [-0.2, -0.15) is 0 Å². The fraction of sp³-hybridized carbons (Fsp3) is 0.667. The number of hydrogen-bond acceptors (Lipinski definition) is 3. The van der Waals surface area contributed by atoms with Crippen LogP contribution in [0.5, 0.6) is 0 Å². The third-order valence-electron chi connectivity index (χ3n) is 2.44. The van der Waals surface area contributed by atoms with Crippen molar-refractivity contribution in [2.24, 2.45) is 12.8 Å². The Balaban J connectivity index is 3.11. The highest BCUT2D eigenvalue weighted by Gasteiger charge is 2.20. The van der Waals surface area contributed by atoms with Gasteiger partial charge in [-0.25, -0.2) is 4.98 Å². The molecule has 80 valence electrons. The first-order chi connectivity index (χ1) is 6.49. The average molecular weight is 261 g/mol. The SMILES string of the molecule is Cc1nc(C(CN)N(C)C)c(Br)n1C. The van der Waals surface area contributed by atoms with Crippen LogP contribution in [0.1, 0.15) is 17.6 Å². The molecule has 0 bridgehead atoms. The van der Waals surface area contributed by atoms with Crippen molar-refractivity contribution in [2.45, 2.75) is 13.0 Å². The molecule has 4 nitrogen and oxygen atoms in total. The number of likely N-dealkylation sites (N-methyl/N-ethyl adjacent to an activating group) is 1. The second kappa shape index (κ2) is 4.42. The summed E-state index contributed by atoms with van der Waals surface area (Å²) in [5.41, 5.74) is 6.73. The Morgan fingerprint density at radius 1 is 1.57 bits per heavy atom. The lowest BCUT2D eigenvalue weighted by atomic mass is 10.2. The zero-order valence-corrected chi connectivity index (χ0v) is 10.7. The first-order valence-corrected chi connectivity index (χ1v) is 5.33. The Morgan fingerprint density at radius 2 is 2.14 bits per heavy atom. The molecule has 1 heterocycles. The second-order valence-corrected chi connectivity index (χ2v) is 4.36. The van der Waals surface area contributed by atoms with E-state index in [1.165, 1.54) is 0 Å². The predicted molar refractivity (Wildman–Crippen MR) is 61.1 cm³/mol. The molecule has 0 saturated carbocycles. The molecule has 14 heavy (non-hydrogen) atoms. The summed E-state index contributed by atoms with van der Waals surface area (Å²) in [5.74, 6) is 0.993. The van der Waals surface area contributed by atoms with Crippen molar-refractivity contribution < 1.29 is 0 Å². The Bertz CT molecular complexity index is 319. The average Bonchev–Trinajstić information content (AvgIpc) is 2.35. The lowest BCUT2D eigenvalue weighted by Gasteiger charge is -2.21. The smallest absolute Gasteiger partial charge is 0.109 e. The van der Waals surface area contributed by atoms with Crippen LogP contribution in [0.3, 0.4) is 0 Å². The summed E-state index contributed by atoms with van der Waals surface area (Å²) in [6.45, 7) is 2.56. The van der Waals surface area contributed by atoms with Crippen LogP contribution >= 0.6 is 15.9 Å². The zero-order chi connectivity index (χ0) is 10.9. The van der Waals surface area contributed by atoms with E-state index in [-0.39, 0.29) is 6.04 Å². The van der Waals surface area contributed by atoms with E-state index >= 15 is 0 Å². The summed E-state index contributed by atoms with van der Waals surface area (Å²) in [6, 6.07) is 0.171. The van der Waals surface area contributed by atoms with Crippen molar-refractivity contribution in [3.63, 3.8) is 0 Å². The minimum atomic E-state index is 0.171. The van der Waals surface area contributed by atoms with E-state index in [0.717, 1.165) is 16.1 Å². The van der Waals surface area contributed by atoms with Gasteiger partial charge in [0.25, 0.3) is 0 Å². The van der Waals surface area contributed by atoms with Crippen LogP contribution in [0.15, 0.2) is 4.60 Å². The molecule has 0 radical (unpaired) electrons. The molecule has 0 aliphatic heterocycles. The first-order valence-electron chi connectivity index (χ1n) is 4.54. The standard InChI is InChI=1S/C9H17BrN4/c1-6-12-8(9(10)14(6)4)7(5-11)13(2)3/h7H,5,11H2,1-4H3.